The molecule has 4 heteroatoms. The minimum absolute atomic E-state index is 0.0342. The first-order chi connectivity index (χ1) is 8.07. The first-order valence-electron chi connectivity index (χ1n) is 5.78. The summed E-state index contributed by atoms with van der Waals surface area (Å²) in [5.74, 6) is 0.271. The van der Waals surface area contributed by atoms with Gasteiger partial charge in [-0.1, -0.05) is 6.07 Å². The lowest BCUT2D eigenvalue weighted by Crippen LogP contribution is -2.24. The summed E-state index contributed by atoms with van der Waals surface area (Å²) in [5, 5.41) is 19.5. The van der Waals surface area contributed by atoms with Crippen LogP contribution in [0.4, 0.5) is 0 Å². The molecule has 0 fully saturated rings. The van der Waals surface area contributed by atoms with Crippen molar-refractivity contribution in [1.82, 2.24) is 4.90 Å². The minimum Gasteiger partial charge on any atom is -0.507 e. The molecule has 1 unspecified atom stereocenters. The molecule has 0 bridgehead atoms. The summed E-state index contributed by atoms with van der Waals surface area (Å²) in [4.78, 5) is 2.08. The summed E-state index contributed by atoms with van der Waals surface area (Å²) in [7, 11) is 3.64. The molecular weight excluding hydrogens is 218 g/mol. The SMILES string of the molecule is COCCCN(C)C(C)c1c(O)cccc1O. The van der Waals surface area contributed by atoms with E-state index < -0.39 is 0 Å². The maximum atomic E-state index is 9.77. The molecule has 17 heavy (non-hydrogen) atoms. The molecule has 0 aliphatic heterocycles. The van der Waals surface area contributed by atoms with E-state index in [4.69, 9.17) is 4.74 Å². The summed E-state index contributed by atoms with van der Waals surface area (Å²) in [6, 6.07) is 4.78. The first kappa shape index (κ1) is 13.8. The molecule has 0 amide bonds. The van der Waals surface area contributed by atoms with Gasteiger partial charge in [0.05, 0.1) is 5.56 Å². The predicted octanol–water partition coefficient (Wildman–Crippen LogP) is 2.13. The number of hydrogen-bond acceptors (Lipinski definition) is 4. The summed E-state index contributed by atoms with van der Waals surface area (Å²) in [6.45, 7) is 3.52. The Labute approximate surface area is 102 Å². The van der Waals surface area contributed by atoms with E-state index in [1.807, 2.05) is 14.0 Å². The minimum atomic E-state index is -0.0342. The van der Waals surface area contributed by atoms with E-state index in [0.29, 0.717) is 12.2 Å². The van der Waals surface area contributed by atoms with Crippen molar-refractivity contribution in [2.75, 3.05) is 27.3 Å². The monoisotopic (exact) mass is 239 g/mol. The fraction of sp³-hybridized carbons (Fsp3) is 0.538. The zero-order chi connectivity index (χ0) is 12.8. The van der Waals surface area contributed by atoms with Crippen molar-refractivity contribution in [2.45, 2.75) is 19.4 Å². The normalized spacial score (nSPS) is 12.9. The Morgan fingerprint density at radius 3 is 2.41 bits per heavy atom. The van der Waals surface area contributed by atoms with Crippen LogP contribution < -0.4 is 0 Å². The maximum Gasteiger partial charge on any atom is 0.124 e. The van der Waals surface area contributed by atoms with Crippen molar-refractivity contribution in [3.63, 3.8) is 0 Å². The molecule has 0 saturated heterocycles. The highest BCUT2D eigenvalue weighted by atomic mass is 16.5. The second-order valence-corrected chi connectivity index (χ2v) is 4.21. The van der Waals surface area contributed by atoms with E-state index >= 15 is 0 Å². The third-order valence-corrected chi connectivity index (χ3v) is 3.00. The Morgan fingerprint density at radius 2 is 1.88 bits per heavy atom. The van der Waals surface area contributed by atoms with Gasteiger partial charge in [0.2, 0.25) is 0 Å². The quantitative estimate of drug-likeness (QED) is 0.747. The zero-order valence-corrected chi connectivity index (χ0v) is 10.7. The van der Waals surface area contributed by atoms with Crippen LogP contribution in [-0.2, 0) is 4.74 Å². The van der Waals surface area contributed by atoms with Crippen LogP contribution in [0.15, 0.2) is 18.2 Å². The van der Waals surface area contributed by atoms with Gasteiger partial charge in [-0.3, -0.25) is 4.90 Å². The van der Waals surface area contributed by atoms with Gasteiger partial charge in [-0.25, -0.2) is 0 Å². The van der Waals surface area contributed by atoms with E-state index in [1.54, 1.807) is 25.3 Å². The van der Waals surface area contributed by atoms with E-state index in [0.717, 1.165) is 13.0 Å². The van der Waals surface area contributed by atoms with Gasteiger partial charge in [0.1, 0.15) is 11.5 Å². The Hall–Kier alpha value is -1.26. The Bertz CT molecular complexity index is 334. The number of phenols is 2. The van der Waals surface area contributed by atoms with E-state index in [-0.39, 0.29) is 17.5 Å². The van der Waals surface area contributed by atoms with Crippen LogP contribution in [-0.4, -0.2) is 42.4 Å². The molecule has 4 nitrogen and oxygen atoms in total. The van der Waals surface area contributed by atoms with Crippen LogP contribution in [0.25, 0.3) is 0 Å². The van der Waals surface area contributed by atoms with Crippen molar-refractivity contribution in [2.24, 2.45) is 0 Å². The lowest BCUT2D eigenvalue weighted by atomic mass is 10.0. The number of benzene rings is 1. The van der Waals surface area contributed by atoms with Gasteiger partial charge in [-0.2, -0.15) is 0 Å². The average Bonchev–Trinajstić information content (AvgIpc) is 2.28. The van der Waals surface area contributed by atoms with Gasteiger partial charge in [-0.05, 0) is 32.5 Å². The predicted molar refractivity (Wildman–Crippen MR) is 67.3 cm³/mol. The molecule has 0 aromatic heterocycles. The van der Waals surface area contributed by atoms with Crippen LogP contribution in [0.2, 0.25) is 0 Å². The van der Waals surface area contributed by atoms with E-state index in [1.165, 1.54) is 0 Å². The molecule has 0 spiro atoms. The number of methoxy groups -OCH3 is 1. The molecule has 1 aromatic carbocycles. The summed E-state index contributed by atoms with van der Waals surface area (Å²) in [5.41, 5.74) is 0.576. The standard InChI is InChI=1S/C13H21NO3/c1-10(14(2)8-5-9-17-3)13-11(15)6-4-7-12(13)16/h4,6-7,10,15-16H,5,8-9H2,1-3H3. The lowest BCUT2D eigenvalue weighted by molar-refractivity contribution is 0.167. The van der Waals surface area contributed by atoms with Gasteiger partial charge >= 0.3 is 0 Å². The van der Waals surface area contributed by atoms with Gasteiger partial charge < -0.3 is 14.9 Å². The van der Waals surface area contributed by atoms with Crippen molar-refractivity contribution < 1.29 is 14.9 Å². The van der Waals surface area contributed by atoms with Crippen LogP contribution in [0.1, 0.15) is 24.9 Å². The second-order valence-electron chi connectivity index (χ2n) is 4.21. The lowest BCUT2D eigenvalue weighted by Gasteiger charge is -2.26. The Balaban J connectivity index is 2.71. The van der Waals surface area contributed by atoms with Crippen molar-refractivity contribution in [1.29, 1.82) is 0 Å². The highest BCUT2D eigenvalue weighted by Crippen LogP contribution is 2.34. The molecule has 1 rings (SSSR count). The zero-order valence-electron chi connectivity index (χ0n) is 10.7. The van der Waals surface area contributed by atoms with Crippen LogP contribution in [0.3, 0.4) is 0 Å². The topological polar surface area (TPSA) is 52.9 Å². The molecule has 96 valence electrons. The smallest absolute Gasteiger partial charge is 0.124 e. The van der Waals surface area contributed by atoms with Crippen LogP contribution in [0.5, 0.6) is 11.5 Å². The number of ether oxygens (including phenoxy) is 1. The molecule has 1 atom stereocenters. The first-order valence-corrected chi connectivity index (χ1v) is 5.78. The van der Waals surface area contributed by atoms with Crippen LogP contribution in [0, 0.1) is 0 Å². The number of aromatic hydroxyl groups is 2. The largest absolute Gasteiger partial charge is 0.507 e. The summed E-state index contributed by atoms with van der Waals surface area (Å²) in [6.07, 6.45) is 0.922. The molecule has 2 N–H and O–H groups in total. The second kappa shape index (κ2) is 6.47. The van der Waals surface area contributed by atoms with Gasteiger partial charge in [0.25, 0.3) is 0 Å². The van der Waals surface area contributed by atoms with Gasteiger partial charge in [-0.15, -0.1) is 0 Å². The average molecular weight is 239 g/mol. The fourth-order valence-corrected chi connectivity index (χ4v) is 1.84. The fourth-order valence-electron chi connectivity index (χ4n) is 1.84. The number of phenolic OH excluding ortho intramolecular Hbond substituents is 2. The third-order valence-electron chi connectivity index (χ3n) is 3.00. The molecular formula is C13H21NO3. The van der Waals surface area contributed by atoms with E-state index in [9.17, 15) is 10.2 Å². The van der Waals surface area contributed by atoms with Crippen molar-refractivity contribution in [3.8, 4) is 11.5 Å². The van der Waals surface area contributed by atoms with Crippen LogP contribution >= 0.6 is 0 Å². The Morgan fingerprint density at radius 1 is 1.29 bits per heavy atom. The highest BCUT2D eigenvalue weighted by Gasteiger charge is 2.18. The van der Waals surface area contributed by atoms with E-state index in [2.05, 4.69) is 4.90 Å². The number of nitrogens with zero attached hydrogens (tertiary/aromatic N) is 1. The number of rotatable bonds is 6. The highest BCUT2D eigenvalue weighted by molar-refractivity contribution is 5.44. The molecule has 0 radical (unpaired) electrons. The van der Waals surface area contributed by atoms with Crippen molar-refractivity contribution >= 4 is 0 Å². The maximum absolute atomic E-state index is 9.77. The Kier molecular flexibility index (Phi) is 5.25. The third kappa shape index (κ3) is 3.61. The molecule has 0 aliphatic rings. The molecule has 0 aliphatic carbocycles. The molecule has 0 saturated carbocycles. The summed E-state index contributed by atoms with van der Waals surface area (Å²) >= 11 is 0. The van der Waals surface area contributed by atoms with Gasteiger partial charge in [0.15, 0.2) is 0 Å². The van der Waals surface area contributed by atoms with Crippen molar-refractivity contribution in [3.05, 3.63) is 23.8 Å². The molecule has 1 aromatic rings. The number of hydrogen-bond donors (Lipinski definition) is 2. The summed E-state index contributed by atoms with van der Waals surface area (Å²) < 4.78 is 5.00. The van der Waals surface area contributed by atoms with Gasteiger partial charge in [0, 0.05) is 26.3 Å². The molecule has 0 heterocycles.